The summed E-state index contributed by atoms with van der Waals surface area (Å²) in [5.41, 5.74) is 0. The first-order valence-corrected chi connectivity index (χ1v) is 7.24. The number of carbonyl (C=O) groups excluding carboxylic acids is 1. The van der Waals surface area contributed by atoms with E-state index in [2.05, 4.69) is 4.74 Å². The first-order valence-electron chi connectivity index (χ1n) is 5.80. The second-order valence-corrected chi connectivity index (χ2v) is 6.39. The maximum atomic E-state index is 13.6. The van der Waals surface area contributed by atoms with E-state index in [1.54, 1.807) is 0 Å². The Morgan fingerprint density at radius 3 is 2.19 bits per heavy atom. The molecular weight excluding hydrogens is 311 g/mol. The number of rotatable bonds is 5. The second kappa shape index (κ2) is 6.44. The first-order chi connectivity index (χ1) is 9.61. The molecule has 0 fully saturated rings. The molecule has 9 heteroatoms. The molecule has 1 aromatic rings. The van der Waals surface area contributed by atoms with Crippen LogP contribution in [0.1, 0.15) is 6.92 Å². The number of nitrogens with zero attached hydrogens (tertiary/aromatic N) is 1. The molecule has 0 aliphatic rings. The Labute approximate surface area is 120 Å². The molecule has 0 spiro atoms. The van der Waals surface area contributed by atoms with Gasteiger partial charge in [0.05, 0.1) is 13.0 Å². The van der Waals surface area contributed by atoms with E-state index in [0.717, 1.165) is 14.2 Å². The van der Waals surface area contributed by atoms with Crippen molar-refractivity contribution in [3.8, 4) is 0 Å². The minimum absolute atomic E-state index is 0.271. The fourth-order valence-corrected chi connectivity index (χ4v) is 3.03. The third-order valence-corrected chi connectivity index (χ3v) is 4.64. The zero-order chi connectivity index (χ0) is 16.4. The van der Waals surface area contributed by atoms with E-state index in [1.165, 1.54) is 6.92 Å². The van der Waals surface area contributed by atoms with Gasteiger partial charge in [0.15, 0.2) is 4.90 Å². The van der Waals surface area contributed by atoms with Crippen LogP contribution in [-0.4, -0.2) is 39.4 Å². The second-order valence-electron chi connectivity index (χ2n) is 4.41. The fourth-order valence-electron chi connectivity index (χ4n) is 1.69. The third kappa shape index (κ3) is 3.73. The normalized spacial score (nSPS) is 13.3. The molecule has 1 rings (SSSR count). The summed E-state index contributed by atoms with van der Waals surface area (Å²) in [7, 11) is -2.36. The Hall–Kier alpha value is -1.61. The Balaban J connectivity index is 3.15. The van der Waals surface area contributed by atoms with Crippen LogP contribution < -0.4 is 0 Å². The van der Waals surface area contributed by atoms with Crippen LogP contribution >= 0.6 is 0 Å². The van der Waals surface area contributed by atoms with Gasteiger partial charge in [0.1, 0.15) is 17.5 Å². The summed E-state index contributed by atoms with van der Waals surface area (Å²) in [4.78, 5) is 9.99. The molecule has 1 aromatic carbocycles. The zero-order valence-corrected chi connectivity index (χ0v) is 12.4. The molecule has 0 aliphatic carbocycles. The fraction of sp³-hybridized carbons (Fsp3) is 0.417. The van der Waals surface area contributed by atoms with E-state index >= 15 is 0 Å². The number of carbonyl (C=O) groups is 1. The van der Waals surface area contributed by atoms with Crippen LogP contribution in [0.15, 0.2) is 17.0 Å². The molecule has 0 amide bonds. The van der Waals surface area contributed by atoms with E-state index in [-0.39, 0.29) is 18.7 Å². The third-order valence-electron chi connectivity index (χ3n) is 2.77. The summed E-state index contributed by atoms with van der Waals surface area (Å²) in [5, 5.41) is 0. The number of sulfonamides is 1. The van der Waals surface area contributed by atoms with E-state index < -0.39 is 44.3 Å². The summed E-state index contributed by atoms with van der Waals surface area (Å²) in [5.74, 6) is -5.80. The highest BCUT2D eigenvalue weighted by atomic mass is 32.2. The van der Waals surface area contributed by atoms with Crippen molar-refractivity contribution in [2.24, 2.45) is 5.92 Å². The molecule has 0 bridgehead atoms. The monoisotopic (exact) mass is 325 g/mol. The van der Waals surface area contributed by atoms with Crippen LogP contribution in [0.25, 0.3) is 0 Å². The van der Waals surface area contributed by atoms with Crippen LogP contribution in [-0.2, 0) is 19.6 Å². The molecule has 0 aromatic heterocycles. The molecule has 1 atom stereocenters. The SMILES string of the molecule is COC(=O)C(C)CN(C)S(=O)(=O)c1c(F)cc(F)cc1F. The average Bonchev–Trinajstić information content (AvgIpc) is 2.35. The largest absolute Gasteiger partial charge is 0.469 e. The molecule has 0 aliphatic heterocycles. The van der Waals surface area contributed by atoms with Gasteiger partial charge < -0.3 is 4.74 Å². The molecule has 0 N–H and O–H groups in total. The number of hydrogen-bond donors (Lipinski definition) is 0. The van der Waals surface area contributed by atoms with E-state index in [0.29, 0.717) is 4.31 Å². The lowest BCUT2D eigenvalue weighted by Gasteiger charge is -2.20. The number of ether oxygens (including phenoxy) is 1. The van der Waals surface area contributed by atoms with E-state index in [1.807, 2.05) is 0 Å². The molecule has 0 saturated heterocycles. The van der Waals surface area contributed by atoms with E-state index in [4.69, 9.17) is 0 Å². The zero-order valence-electron chi connectivity index (χ0n) is 11.6. The van der Waals surface area contributed by atoms with Gasteiger partial charge in [0.2, 0.25) is 10.0 Å². The minimum atomic E-state index is -4.55. The molecule has 0 radical (unpaired) electrons. The van der Waals surface area contributed by atoms with Gasteiger partial charge >= 0.3 is 5.97 Å². The van der Waals surface area contributed by atoms with Gasteiger partial charge in [-0.25, -0.2) is 21.6 Å². The molecule has 118 valence electrons. The highest BCUT2D eigenvalue weighted by molar-refractivity contribution is 7.89. The number of benzene rings is 1. The van der Waals surface area contributed by atoms with Gasteiger partial charge in [-0.2, -0.15) is 4.31 Å². The van der Waals surface area contributed by atoms with Crippen molar-refractivity contribution in [1.82, 2.24) is 4.31 Å². The van der Waals surface area contributed by atoms with Crippen molar-refractivity contribution in [3.63, 3.8) is 0 Å². The summed E-state index contributed by atoms with van der Waals surface area (Å²) >= 11 is 0. The predicted octanol–water partition coefficient (Wildman–Crippen LogP) is 1.53. The lowest BCUT2D eigenvalue weighted by molar-refractivity contribution is -0.144. The van der Waals surface area contributed by atoms with Crippen molar-refractivity contribution in [2.75, 3.05) is 20.7 Å². The van der Waals surface area contributed by atoms with E-state index in [9.17, 15) is 26.4 Å². The molecule has 21 heavy (non-hydrogen) atoms. The van der Waals surface area contributed by atoms with Crippen LogP contribution in [0, 0.1) is 23.4 Å². The van der Waals surface area contributed by atoms with Crippen LogP contribution in [0.5, 0.6) is 0 Å². The Kier molecular flexibility index (Phi) is 5.35. The standard InChI is InChI=1S/C12H14F3NO4S/c1-7(12(17)20-3)6-16(2)21(18,19)11-9(14)4-8(13)5-10(11)15/h4-5,7H,6H2,1-3H3. The Morgan fingerprint density at radius 2 is 1.76 bits per heavy atom. The lowest BCUT2D eigenvalue weighted by atomic mass is 10.2. The van der Waals surface area contributed by atoms with Gasteiger partial charge in [-0.1, -0.05) is 6.92 Å². The highest BCUT2D eigenvalue weighted by Crippen LogP contribution is 2.23. The average molecular weight is 325 g/mol. The van der Waals surface area contributed by atoms with Crippen LogP contribution in [0.4, 0.5) is 13.2 Å². The van der Waals surface area contributed by atoms with Gasteiger partial charge in [-0.3, -0.25) is 4.79 Å². The van der Waals surface area contributed by atoms with Gasteiger partial charge in [0.25, 0.3) is 0 Å². The van der Waals surface area contributed by atoms with Crippen molar-refractivity contribution in [2.45, 2.75) is 11.8 Å². The Bertz CT molecular complexity index is 625. The topological polar surface area (TPSA) is 63.7 Å². The molecular formula is C12H14F3NO4S. The van der Waals surface area contributed by atoms with Crippen molar-refractivity contribution in [3.05, 3.63) is 29.6 Å². The summed E-state index contributed by atoms with van der Waals surface area (Å²) in [6.07, 6.45) is 0. The number of esters is 1. The smallest absolute Gasteiger partial charge is 0.309 e. The van der Waals surface area contributed by atoms with Crippen molar-refractivity contribution < 1.29 is 31.1 Å². The summed E-state index contributed by atoms with van der Waals surface area (Å²) in [6, 6.07) is 0.543. The van der Waals surface area contributed by atoms with Crippen molar-refractivity contribution >= 4 is 16.0 Å². The quantitative estimate of drug-likeness (QED) is 0.770. The van der Waals surface area contributed by atoms with Crippen LogP contribution in [0.3, 0.4) is 0 Å². The molecule has 0 heterocycles. The Morgan fingerprint density at radius 1 is 1.29 bits per heavy atom. The summed E-state index contributed by atoms with van der Waals surface area (Å²) in [6.45, 7) is 1.06. The predicted molar refractivity (Wildman–Crippen MR) is 67.3 cm³/mol. The van der Waals surface area contributed by atoms with Crippen LogP contribution in [0.2, 0.25) is 0 Å². The molecule has 0 saturated carbocycles. The molecule has 5 nitrogen and oxygen atoms in total. The van der Waals surface area contributed by atoms with Gasteiger partial charge in [-0.05, 0) is 0 Å². The van der Waals surface area contributed by atoms with Gasteiger partial charge in [-0.15, -0.1) is 0 Å². The van der Waals surface area contributed by atoms with Crippen molar-refractivity contribution in [1.29, 1.82) is 0 Å². The summed E-state index contributed by atoms with van der Waals surface area (Å²) < 4.78 is 69.2. The van der Waals surface area contributed by atoms with Gasteiger partial charge in [0, 0.05) is 25.7 Å². The molecule has 1 unspecified atom stereocenters. The maximum absolute atomic E-state index is 13.6. The highest BCUT2D eigenvalue weighted by Gasteiger charge is 2.31. The number of hydrogen-bond acceptors (Lipinski definition) is 4. The first kappa shape index (κ1) is 17.4. The number of methoxy groups -OCH3 is 1. The number of halogens is 3. The minimum Gasteiger partial charge on any atom is -0.469 e. The maximum Gasteiger partial charge on any atom is 0.309 e. The lowest BCUT2D eigenvalue weighted by Crippen LogP contribution is -2.35.